The summed E-state index contributed by atoms with van der Waals surface area (Å²) in [6, 6.07) is 0.510. The van der Waals surface area contributed by atoms with Crippen molar-refractivity contribution in [2.24, 2.45) is 17.8 Å². The molecule has 2 aliphatic carbocycles. The summed E-state index contributed by atoms with van der Waals surface area (Å²) < 4.78 is 0. The second-order valence-corrected chi connectivity index (χ2v) is 5.48. The van der Waals surface area contributed by atoms with Crippen LogP contribution in [0.1, 0.15) is 32.1 Å². The Morgan fingerprint density at radius 2 is 1.80 bits per heavy atom. The molecule has 84 valence electrons. The lowest BCUT2D eigenvalue weighted by atomic mass is 9.92. The van der Waals surface area contributed by atoms with Crippen LogP contribution in [0.25, 0.3) is 0 Å². The highest BCUT2D eigenvalue weighted by Crippen LogP contribution is 2.38. The Balaban J connectivity index is 1.52. The fraction of sp³-hybridized carbons (Fsp3) is 0.917. The average Bonchev–Trinajstić information content (AvgIpc) is 2.69. The molecule has 2 N–H and O–H groups in total. The summed E-state index contributed by atoms with van der Waals surface area (Å²) in [5.74, 6) is 2.22. The second-order valence-electron chi connectivity index (χ2n) is 5.48. The number of carbonyl (C=O) groups excluding carboxylic acids is 1. The third-order valence-corrected chi connectivity index (χ3v) is 4.48. The quantitative estimate of drug-likeness (QED) is 0.708. The van der Waals surface area contributed by atoms with Crippen molar-refractivity contribution in [2.45, 2.75) is 38.1 Å². The van der Waals surface area contributed by atoms with E-state index in [1.165, 1.54) is 19.3 Å². The van der Waals surface area contributed by atoms with Gasteiger partial charge in [-0.3, -0.25) is 4.79 Å². The normalized spacial score (nSPS) is 39.9. The highest BCUT2D eigenvalue weighted by atomic mass is 16.1. The molecular weight excluding hydrogens is 188 g/mol. The third-order valence-electron chi connectivity index (χ3n) is 4.48. The van der Waals surface area contributed by atoms with E-state index in [1.807, 2.05) is 0 Å². The Morgan fingerprint density at radius 3 is 2.33 bits per heavy atom. The maximum atomic E-state index is 11.9. The first-order valence-corrected chi connectivity index (χ1v) is 6.34. The van der Waals surface area contributed by atoms with E-state index in [4.69, 9.17) is 0 Å². The molecule has 1 amide bonds. The van der Waals surface area contributed by atoms with E-state index >= 15 is 0 Å². The minimum atomic E-state index is 0.322. The van der Waals surface area contributed by atoms with Gasteiger partial charge in [0.1, 0.15) is 0 Å². The molecule has 1 heterocycles. The predicted molar refractivity (Wildman–Crippen MR) is 58.4 cm³/mol. The zero-order chi connectivity index (χ0) is 10.3. The van der Waals surface area contributed by atoms with Crippen molar-refractivity contribution in [2.75, 3.05) is 13.1 Å². The number of fused-ring (bicyclic) bond motifs is 1. The van der Waals surface area contributed by atoms with Crippen LogP contribution in [-0.4, -0.2) is 25.0 Å². The van der Waals surface area contributed by atoms with Crippen LogP contribution in [0.2, 0.25) is 0 Å². The van der Waals surface area contributed by atoms with Crippen LogP contribution in [0.15, 0.2) is 0 Å². The molecule has 0 aromatic rings. The largest absolute Gasteiger partial charge is 0.353 e. The van der Waals surface area contributed by atoms with Gasteiger partial charge in [-0.1, -0.05) is 0 Å². The third kappa shape index (κ3) is 1.78. The molecular formula is C12H20N2O. The van der Waals surface area contributed by atoms with Crippen LogP contribution < -0.4 is 10.6 Å². The first kappa shape index (κ1) is 9.64. The number of amides is 1. The highest BCUT2D eigenvalue weighted by Gasteiger charge is 2.40. The van der Waals surface area contributed by atoms with Gasteiger partial charge in [0, 0.05) is 12.0 Å². The Kier molecular flexibility index (Phi) is 2.43. The minimum absolute atomic E-state index is 0.322. The van der Waals surface area contributed by atoms with Gasteiger partial charge in [0.05, 0.1) is 0 Å². The summed E-state index contributed by atoms with van der Waals surface area (Å²) in [7, 11) is 0. The van der Waals surface area contributed by atoms with Crippen LogP contribution >= 0.6 is 0 Å². The molecule has 2 atom stereocenters. The molecule has 0 aromatic carbocycles. The van der Waals surface area contributed by atoms with Crippen molar-refractivity contribution in [1.82, 2.24) is 10.6 Å². The van der Waals surface area contributed by atoms with Crippen LogP contribution in [-0.2, 0) is 4.79 Å². The van der Waals surface area contributed by atoms with E-state index in [9.17, 15) is 4.79 Å². The summed E-state index contributed by atoms with van der Waals surface area (Å²) in [5.41, 5.74) is 0. The van der Waals surface area contributed by atoms with E-state index in [2.05, 4.69) is 10.6 Å². The molecule has 0 spiro atoms. The smallest absolute Gasteiger partial charge is 0.223 e. The summed E-state index contributed by atoms with van der Waals surface area (Å²) in [4.78, 5) is 11.9. The van der Waals surface area contributed by atoms with E-state index in [0.717, 1.165) is 37.8 Å². The molecule has 2 unspecified atom stereocenters. The van der Waals surface area contributed by atoms with Crippen molar-refractivity contribution in [3.63, 3.8) is 0 Å². The summed E-state index contributed by atoms with van der Waals surface area (Å²) in [6.07, 6.45) is 5.94. The Morgan fingerprint density at radius 1 is 1.13 bits per heavy atom. The van der Waals surface area contributed by atoms with E-state index in [1.54, 1.807) is 0 Å². The van der Waals surface area contributed by atoms with Gasteiger partial charge >= 0.3 is 0 Å². The molecule has 3 heteroatoms. The first-order chi connectivity index (χ1) is 7.33. The molecule has 15 heavy (non-hydrogen) atoms. The summed E-state index contributed by atoms with van der Waals surface area (Å²) in [6.45, 7) is 2.27. The molecule has 0 aromatic heterocycles. The van der Waals surface area contributed by atoms with Gasteiger partial charge in [-0.05, 0) is 57.0 Å². The fourth-order valence-corrected chi connectivity index (χ4v) is 3.25. The molecule has 2 saturated carbocycles. The van der Waals surface area contributed by atoms with Gasteiger partial charge in [0.2, 0.25) is 5.91 Å². The maximum Gasteiger partial charge on any atom is 0.223 e. The molecule has 3 rings (SSSR count). The molecule has 0 bridgehead atoms. The number of hydrogen-bond acceptors (Lipinski definition) is 2. The van der Waals surface area contributed by atoms with E-state index in [-0.39, 0.29) is 0 Å². The molecule has 3 nitrogen and oxygen atoms in total. The van der Waals surface area contributed by atoms with Gasteiger partial charge < -0.3 is 10.6 Å². The van der Waals surface area contributed by atoms with Crippen molar-refractivity contribution in [3.8, 4) is 0 Å². The van der Waals surface area contributed by atoms with Gasteiger partial charge in [-0.15, -0.1) is 0 Å². The minimum Gasteiger partial charge on any atom is -0.353 e. The lowest BCUT2D eigenvalue weighted by Crippen LogP contribution is -2.42. The predicted octanol–water partition coefficient (Wildman–Crippen LogP) is 0.901. The van der Waals surface area contributed by atoms with Gasteiger partial charge in [0.15, 0.2) is 0 Å². The van der Waals surface area contributed by atoms with Crippen LogP contribution in [0.3, 0.4) is 0 Å². The maximum absolute atomic E-state index is 11.9. The van der Waals surface area contributed by atoms with Crippen molar-refractivity contribution in [1.29, 1.82) is 0 Å². The standard InChI is InChI=1S/C12H20N2O/c15-12(14-11-2-1-3-11)8-4-9-6-13-7-10(9)5-8/h8-11,13H,1-7H2,(H,14,15). The molecule has 3 aliphatic rings. The number of carbonyl (C=O) groups is 1. The summed E-state index contributed by atoms with van der Waals surface area (Å²) >= 11 is 0. The van der Waals surface area contributed by atoms with Crippen LogP contribution in [0, 0.1) is 17.8 Å². The zero-order valence-electron chi connectivity index (χ0n) is 9.17. The van der Waals surface area contributed by atoms with Crippen LogP contribution in [0.4, 0.5) is 0 Å². The van der Waals surface area contributed by atoms with E-state index in [0.29, 0.717) is 17.9 Å². The lowest BCUT2D eigenvalue weighted by Gasteiger charge is -2.27. The van der Waals surface area contributed by atoms with Crippen molar-refractivity contribution in [3.05, 3.63) is 0 Å². The monoisotopic (exact) mass is 208 g/mol. The molecule has 1 aliphatic heterocycles. The molecule has 3 fully saturated rings. The number of hydrogen-bond donors (Lipinski definition) is 2. The van der Waals surface area contributed by atoms with Gasteiger partial charge in [0.25, 0.3) is 0 Å². The second kappa shape index (κ2) is 3.78. The number of rotatable bonds is 2. The SMILES string of the molecule is O=C(NC1CCC1)C1CC2CNCC2C1. The van der Waals surface area contributed by atoms with E-state index < -0.39 is 0 Å². The lowest BCUT2D eigenvalue weighted by molar-refractivity contribution is -0.126. The van der Waals surface area contributed by atoms with Crippen molar-refractivity contribution >= 4 is 5.91 Å². The summed E-state index contributed by atoms with van der Waals surface area (Å²) in [5, 5.41) is 6.60. The zero-order valence-corrected chi connectivity index (χ0v) is 9.17. The fourth-order valence-electron chi connectivity index (χ4n) is 3.25. The Hall–Kier alpha value is -0.570. The van der Waals surface area contributed by atoms with Crippen LogP contribution in [0.5, 0.6) is 0 Å². The average molecular weight is 208 g/mol. The Bertz CT molecular complexity index is 250. The highest BCUT2D eigenvalue weighted by molar-refractivity contribution is 5.79. The topological polar surface area (TPSA) is 41.1 Å². The van der Waals surface area contributed by atoms with Crippen molar-refractivity contribution < 1.29 is 4.79 Å². The first-order valence-electron chi connectivity index (χ1n) is 6.34. The molecule has 0 radical (unpaired) electrons. The van der Waals surface area contributed by atoms with Gasteiger partial charge in [-0.25, -0.2) is 0 Å². The molecule has 1 saturated heterocycles. The van der Waals surface area contributed by atoms with Gasteiger partial charge in [-0.2, -0.15) is 0 Å². The number of nitrogens with one attached hydrogen (secondary N) is 2. The Labute approximate surface area is 91.0 Å².